The van der Waals surface area contributed by atoms with E-state index in [0.29, 0.717) is 13.2 Å². The molecule has 0 saturated carbocycles. The molecule has 0 unspecified atom stereocenters. The monoisotopic (exact) mass is 341 g/mol. The van der Waals surface area contributed by atoms with Crippen LogP contribution in [0.4, 0.5) is 0 Å². The molecule has 102 valence electrons. The third kappa shape index (κ3) is 7.31. The fourth-order valence-electron chi connectivity index (χ4n) is 1.45. The smallest absolute Gasteiger partial charge is 0.0717 e. The Labute approximate surface area is 128 Å². The van der Waals surface area contributed by atoms with Crippen molar-refractivity contribution in [3.63, 3.8) is 0 Å². The molecule has 4 heteroatoms. The molecule has 1 rings (SSSR count). The van der Waals surface area contributed by atoms with Gasteiger partial charge < -0.3 is 4.74 Å². The van der Waals surface area contributed by atoms with Gasteiger partial charge in [-0.2, -0.15) is 0 Å². The lowest BCUT2D eigenvalue weighted by atomic mass is 10.2. The molecule has 0 fully saturated rings. The highest BCUT2D eigenvalue weighted by Crippen LogP contribution is 2.12. The maximum atomic E-state index is 5.78. The van der Waals surface area contributed by atoms with Crippen molar-refractivity contribution in [1.82, 2.24) is 0 Å². The van der Waals surface area contributed by atoms with Crippen LogP contribution in [0.15, 0.2) is 57.0 Å². The lowest BCUT2D eigenvalue weighted by Gasteiger charge is -2.05. The summed E-state index contributed by atoms with van der Waals surface area (Å²) >= 11 is 9.18. The molecule has 0 aliphatic rings. The van der Waals surface area contributed by atoms with E-state index in [1.54, 1.807) is 18.8 Å². The van der Waals surface area contributed by atoms with Gasteiger partial charge in [0.25, 0.3) is 0 Å². The van der Waals surface area contributed by atoms with Crippen LogP contribution in [0.3, 0.4) is 0 Å². The number of allylic oxidation sites excluding steroid dienone is 2. The Hall–Kier alpha value is -0.900. The molecule has 0 bridgehead atoms. The molecule has 0 aliphatic heterocycles. The third-order valence-electron chi connectivity index (χ3n) is 2.36. The molecule has 0 spiro atoms. The van der Waals surface area contributed by atoms with Crippen molar-refractivity contribution in [3.05, 3.63) is 57.6 Å². The van der Waals surface area contributed by atoms with E-state index in [-0.39, 0.29) is 0 Å². The molecule has 0 radical (unpaired) electrons. The van der Waals surface area contributed by atoms with Crippen LogP contribution >= 0.6 is 27.5 Å². The second-order valence-corrected chi connectivity index (χ2v) is 5.02. The molecule has 0 atom stereocenters. The summed E-state index contributed by atoms with van der Waals surface area (Å²) in [6.07, 6.45) is 4.43. The van der Waals surface area contributed by atoms with Gasteiger partial charge in [0.2, 0.25) is 0 Å². The van der Waals surface area contributed by atoms with Crippen LogP contribution in [-0.4, -0.2) is 19.9 Å². The molecule has 0 saturated heterocycles. The van der Waals surface area contributed by atoms with Gasteiger partial charge in [-0.25, -0.2) is 0 Å². The Morgan fingerprint density at radius 2 is 2.11 bits per heavy atom. The number of hydrogen-bond acceptors (Lipinski definition) is 2. The molecule has 0 heterocycles. The summed E-state index contributed by atoms with van der Waals surface area (Å²) in [6.45, 7) is 1.26. The van der Waals surface area contributed by atoms with Gasteiger partial charge in [-0.15, -0.1) is 0 Å². The predicted molar refractivity (Wildman–Crippen MR) is 86.1 cm³/mol. The van der Waals surface area contributed by atoms with Gasteiger partial charge in [0.15, 0.2) is 0 Å². The van der Waals surface area contributed by atoms with E-state index < -0.39 is 0 Å². The van der Waals surface area contributed by atoms with Crippen molar-refractivity contribution in [2.45, 2.75) is 13.0 Å². The summed E-state index contributed by atoms with van der Waals surface area (Å²) in [5.41, 5.74) is 3.74. The zero-order chi connectivity index (χ0) is 13.9. The first-order valence-corrected chi connectivity index (χ1v) is 7.19. The summed E-state index contributed by atoms with van der Waals surface area (Å²) in [6, 6.07) is 10.1. The number of benzene rings is 1. The molecule has 19 heavy (non-hydrogen) atoms. The minimum atomic E-state index is 0.623. The van der Waals surface area contributed by atoms with Crippen molar-refractivity contribution in [1.29, 1.82) is 0 Å². The van der Waals surface area contributed by atoms with Gasteiger partial charge in [-0.3, -0.25) is 4.99 Å². The van der Waals surface area contributed by atoms with Gasteiger partial charge in [0.05, 0.1) is 13.2 Å². The normalized spacial score (nSPS) is 13.2. The number of aliphatic imine (C=N–C) groups is 1. The number of halogens is 2. The van der Waals surface area contributed by atoms with Crippen molar-refractivity contribution in [2.75, 3.05) is 13.7 Å². The zero-order valence-corrected chi connectivity index (χ0v) is 13.2. The second kappa shape index (κ2) is 9.96. The van der Waals surface area contributed by atoms with E-state index in [1.807, 2.05) is 36.4 Å². The first-order valence-electron chi connectivity index (χ1n) is 5.96. The standard InChI is InChI=1S/C15H17BrClNO/c1-18-11-15(16)9-14(10-17)7-8-19-12-13-5-3-2-4-6-13/h2-6,9-11H,7-8,12H2,1H3/b14-10+,15-9+,18-11?. The van der Waals surface area contributed by atoms with E-state index in [1.165, 1.54) is 5.56 Å². The summed E-state index contributed by atoms with van der Waals surface area (Å²) in [4.78, 5) is 3.92. The van der Waals surface area contributed by atoms with Gasteiger partial charge in [0, 0.05) is 23.3 Å². The average molecular weight is 343 g/mol. The molecule has 0 aromatic heterocycles. The lowest BCUT2D eigenvalue weighted by molar-refractivity contribution is 0.124. The highest BCUT2D eigenvalue weighted by atomic mass is 79.9. The number of ether oxygens (including phenoxy) is 1. The topological polar surface area (TPSA) is 21.6 Å². The lowest BCUT2D eigenvalue weighted by Crippen LogP contribution is -1.96. The molecule has 0 amide bonds. The summed E-state index contributed by atoms with van der Waals surface area (Å²) in [7, 11) is 1.72. The van der Waals surface area contributed by atoms with E-state index in [0.717, 1.165) is 16.5 Å². The molecule has 2 nitrogen and oxygen atoms in total. The van der Waals surface area contributed by atoms with Gasteiger partial charge in [-0.05, 0) is 39.6 Å². The fraction of sp³-hybridized carbons (Fsp3) is 0.267. The molecule has 0 N–H and O–H groups in total. The molecular formula is C15H17BrClNO. The zero-order valence-electron chi connectivity index (χ0n) is 10.9. The van der Waals surface area contributed by atoms with E-state index in [2.05, 4.69) is 20.9 Å². The van der Waals surface area contributed by atoms with Gasteiger partial charge in [0.1, 0.15) is 0 Å². The number of rotatable bonds is 7. The Bertz CT molecular complexity index is 454. The molecule has 0 aliphatic carbocycles. The summed E-state index contributed by atoms with van der Waals surface area (Å²) < 4.78 is 6.51. The highest BCUT2D eigenvalue weighted by Gasteiger charge is 1.97. The molecular weight excluding hydrogens is 326 g/mol. The largest absolute Gasteiger partial charge is 0.376 e. The van der Waals surface area contributed by atoms with Crippen molar-refractivity contribution in [2.24, 2.45) is 4.99 Å². The summed E-state index contributed by atoms with van der Waals surface area (Å²) in [5, 5.41) is 0. The Kier molecular flexibility index (Phi) is 8.47. The van der Waals surface area contributed by atoms with Crippen molar-refractivity contribution < 1.29 is 4.74 Å². The number of nitrogens with zero attached hydrogens (tertiary/aromatic N) is 1. The first-order chi connectivity index (χ1) is 9.26. The van der Waals surface area contributed by atoms with E-state index >= 15 is 0 Å². The average Bonchev–Trinajstić information content (AvgIpc) is 2.43. The Morgan fingerprint density at radius 3 is 2.74 bits per heavy atom. The van der Waals surface area contributed by atoms with Gasteiger partial charge in [-0.1, -0.05) is 41.9 Å². The second-order valence-electron chi connectivity index (χ2n) is 3.89. The van der Waals surface area contributed by atoms with Crippen LogP contribution < -0.4 is 0 Å². The third-order valence-corrected chi connectivity index (χ3v) is 3.08. The highest BCUT2D eigenvalue weighted by molar-refractivity contribution is 9.12. The van der Waals surface area contributed by atoms with Crippen LogP contribution in [0.2, 0.25) is 0 Å². The maximum absolute atomic E-state index is 5.78. The maximum Gasteiger partial charge on any atom is 0.0717 e. The first kappa shape index (κ1) is 16.2. The SMILES string of the molecule is CN=C/C(Br)=C\C(=C\Cl)CCOCc1ccccc1. The minimum Gasteiger partial charge on any atom is -0.376 e. The van der Waals surface area contributed by atoms with Crippen molar-refractivity contribution in [3.8, 4) is 0 Å². The van der Waals surface area contributed by atoms with Crippen LogP contribution in [-0.2, 0) is 11.3 Å². The number of hydrogen-bond donors (Lipinski definition) is 0. The molecule has 1 aromatic rings. The molecule has 1 aromatic carbocycles. The predicted octanol–water partition coefficient (Wildman–Crippen LogP) is 4.70. The van der Waals surface area contributed by atoms with Crippen LogP contribution in [0.1, 0.15) is 12.0 Å². The van der Waals surface area contributed by atoms with Crippen LogP contribution in [0.5, 0.6) is 0 Å². The fourth-order valence-corrected chi connectivity index (χ4v) is 2.12. The van der Waals surface area contributed by atoms with E-state index in [9.17, 15) is 0 Å². The summed E-state index contributed by atoms with van der Waals surface area (Å²) in [5.74, 6) is 0. The van der Waals surface area contributed by atoms with Crippen LogP contribution in [0, 0.1) is 0 Å². The Morgan fingerprint density at radius 1 is 1.37 bits per heavy atom. The Balaban J connectivity index is 2.33. The van der Waals surface area contributed by atoms with E-state index in [4.69, 9.17) is 16.3 Å². The van der Waals surface area contributed by atoms with Crippen molar-refractivity contribution >= 4 is 33.7 Å². The minimum absolute atomic E-state index is 0.623. The van der Waals surface area contributed by atoms with Crippen LogP contribution in [0.25, 0.3) is 0 Å². The van der Waals surface area contributed by atoms with Gasteiger partial charge >= 0.3 is 0 Å². The quantitative estimate of drug-likeness (QED) is 0.400.